The molecule has 0 saturated heterocycles. The second kappa shape index (κ2) is 9.21. The van der Waals surface area contributed by atoms with E-state index in [-0.39, 0.29) is 34.2 Å². The highest BCUT2D eigenvalue weighted by Crippen LogP contribution is 2.43. The van der Waals surface area contributed by atoms with Crippen molar-refractivity contribution in [2.24, 2.45) is 17.9 Å². The third kappa shape index (κ3) is 5.70. The molecule has 2 atom stereocenters. The minimum absolute atomic E-state index is 0.0291. The Bertz CT molecular complexity index is 1370. The highest BCUT2D eigenvalue weighted by atomic mass is 32.2. The van der Waals surface area contributed by atoms with E-state index in [0.29, 0.717) is 18.6 Å². The highest BCUT2D eigenvalue weighted by Gasteiger charge is 2.39. The second-order valence-electron chi connectivity index (χ2n) is 11.9. The van der Waals surface area contributed by atoms with Gasteiger partial charge in [-0.25, -0.2) is 22.9 Å². The number of fused-ring (bicyclic) bond motifs is 1. The average molecular weight is 499 g/mol. The molecule has 4 rings (SSSR count). The van der Waals surface area contributed by atoms with E-state index < -0.39 is 10.0 Å². The number of rotatable bonds is 6. The summed E-state index contributed by atoms with van der Waals surface area (Å²) in [6.45, 7) is 11.2. The molecule has 8 heteroatoms. The summed E-state index contributed by atoms with van der Waals surface area (Å²) in [4.78, 5) is 17.8. The molecular weight excluding hydrogens is 460 g/mol. The number of aryl methyl sites for hydroxylation is 1. The van der Waals surface area contributed by atoms with E-state index in [1.165, 1.54) is 0 Å². The summed E-state index contributed by atoms with van der Waals surface area (Å²) in [5.41, 5.74) is 2.97. The number of nitrogens with one attached hydrogen (secondary N) is 1. The van der Waals surface area contributed by atoms with Crippen molar-refractivity contribution in [3.05, 3.63) is 64.2 Å². The van der Waals surface area contributed by atoms with E-state index in [9.17, 15) is 13.2 Å². The van der Waals surface area contributed by atoms with Gasteiger partial charge in [0, 0.05) is 31.2 Å². The zero-order chi connectivity index (χ0) is 25.6. The third-order valence-corrected chi connectivity index (χ3v) is 8.53. The van der Waals surface area contributed by atoms with E-state index in [2.05, 4.69) is 39.3 Å². The number of aromatic nitrogens is 3. The average Bonchev–Trinajstić information content (AvgIpc) is 2.98. The van der Waals surface area contributed by atoms with Gasteiger partial charge in [-0.15, -0.1) is 0 Å². The maximum atomic E-state index is 13.0. The van der Waals surface area contributed by atoms with Crippen LogP contribution < -0.4 is 10.4 Å². The first-order valence-corrected chi connectivity index (χ1v) is 14.0. The topological polar surface area (TPSA) is 86.0 Å². The largest absolute Gasteiger partial charge is 0.330 e. The molecular formula is C27H38N4O3S. The van der Waals surface area contributed by atoms with E-state index in [1.807, 2.05) is 42.5 Å². The summed E-state index contributed by atoms with van der Waals surface area (Å²) in [6, 6.07) is 13.1. The molecule has 0 amide bonds. The fourth-order valence-electron chi connectivity index (χ4n) is 5.11. The van der Waals surface area contributed by atoms with E-state index in [1.54, 1.807) is 16.2 Å². The molecule has 7 nitrogen and oxygen atoms in total. The normalized spacial score (nSPS) is 20.9. The molecule has 1 aliphatic rings. The van der Waals surface area contributed by atoms with E-state index in [0.717, 1.165) is 29.6 Å². The fourth-order valence-corrected chi connectivity index (χ4v) is 6.68. The molecule has 35 heavy (non-hydrogen) atoms. The number of hydrogen-bond donors (Lipinski definition) is 1. The number of imidazole rings is 1. The number of nitrogens with zero attached hydrogens (tertiary/aromatic N) is 3. The van der Waals surface area contributed by atoms with Gasteiger partial charge in [0.15, 0.2) is 5.65 Å². The number of hydrogen-bond acceptors (Lipinski definition) is 4. The molecule has 1 fully saturated rings. The lowest BCUT2D eigenvalue weighted by molar-refractivity contribution is 0.170. The first-order chi connectivity index (χ1) is 16.3. The van der Waals surface area contributed by atoms with Gasteiger partial charge in [0.1, 0.15) is 0 Å². The van der Waals surface area contributed by atoms with Crippen LogP contribution in [-0.2, 0) is 29.4 Å². The lowest BCUT2D eigenvalue weighted by Gasteiger charge is -2.42. The summed E-state index contributed by atoms with van der Waals surface area (Å²) in [6.07, 6.45) is 2.50. The van der Waals surface area contributed by atoms with E-state index >= 15 is 0 Å². The Balaban J connectivity index is 1.59. The van der Waals surface area contributed by atoms with Gasteiger partial charge < -0.3 is 0 Å². The van der Waals surface area contributed by atoms with Crippen molar-refractivity contribution in [3.63, 3.8) is 0 Å². The molecule has 1 aliphatic carbocycles. The fraction of sp³-hybridized carbons (Fsp3) is 0.556. The van der Waals surface area contributed by atoms with Crippen LogP contribution in [0.1, 0.15) is 71.1 Å². The number of benzene rings is 1. The van der Waals surface area contributed by atoms with Gasteiger partial charge in [-0.05, 0) is 47.8 Å². The summed E-state index contributed by atoms with van der Waals surface area (Å²) in [5.74, 6) is 0.0940. The van der Waals surface area contributed by atoms with Crippen LogP contribution in [0.15, 0.2) is 47.3 Å². The van der Waals surface area contributed by atoms with Crippen molar-refractivity contribution >= 4 is 21.2 Å². The Labute approximate surface area is 208 Å². The molecule has 2 aromatic heterocycles. The monoisotopic (exact) mass is 498 g/mol. The van der Waals surface area contributed by atoms with Gasteiger partial charge in [0.2, 0.25) is 10.0 Å². The molecule has 2 unspecified atom stereocenters. The predicted octanol–water partition coefficient (Wildman–Crippen LogP) is 4.56. The smallest absolute Gasteiger partial charge is 0.290 e. The van der Waals surface area contributed by atoms with Crippen molar-refractivity contribution in [1.29, 1.82) is 0 Å². The van der Waals surface area contributed by atoms with Crippen LogP contribution in [0.2, 0.25) is 0 Å². The first kappa shape index (κ1) is 25.6. The van der Waals surface area contributed by atoms with Crippen molar-refractivity contribution in [2.75, 3.05) is 0 Å². The molecule has 1 N–H and O–H groups in total. The summed E-state index contributed by atoms with van der Waals surface area (Å²) >= 11 is 0. The molecule has 2 heterocycles. The van der Waals surface area contributed by atoms with Crippen LogP contribution in [0.5, 0.6) is 0 Å². The lowest BCUT2D eigenvalue weighted by Crippen LogP contribution is -2.48. The van der Waals surface area contributed by atoms with Crippen LogP contribution in [-0.4, -0.2) is 28.6 Å². The molecule has 0 radical (unpaired) electrons. The van der Waals surface area contributed by atoms with Crippen molar-refractivity contribution < 1.29 is 8.42 Å². The zero-order valence-electron chi connectivity index (χ0n) is 21.7. The molecule has 0 bridgehead atoms. The van der Waals surface area contributed by atoms with Gasteiger partial charge in [0.25, 0.3) is 0 Å². The minimum atomic E-state index is -3.49. The summed E-state index contributed by atoms with van der Waals surface area (Å²) in [7, 11) is -1.72. The number of sulfonamides is 1. The van der Waals surface area contributed by atoms with Crippen LogP contribution in [0.3, 0.4) is 0 Å². The Hall–Kier alpha value is -2.45. The van der Waals surface area contributed by atoms with Gasteiger partial charge in [-0.2, -0.15) is 0 Å². The quantitative estimate of drug-likeness (QED) is 0.540. The highest BCUT2D eigenvalue weighted by molar-refractivity contribution is 7.88. The SMILES string of the molecule is Cn1c(=O)n(CC(C)(C)C)c2ccc(C3CCC(C)(C)C(NS(=O)(=O)Cc4ccccc4)C3)nc21. The molecule has 3 aromatic rings. The third-order valence-electron chi connectivity index (χ3n) is 7.18. The molecule has 1 aromatic carbocycles. The minimum Gasteiger partial charge on any atom is -0.290 e. The van der Waals surface area contributed by atoms with Gasteiger partial charge in [-0.1, -0.05) is 65.0 Å². The van der Waals surface area contributed by atoms with Gasteiger partial charge >= 0.3 is 5.69 Å². The van der Waals surface area contributed by atoms with Gasteiger partial charge in [0.05, 0.1) is 11.3 Å². The zero-order valence-corrected chi connectivity index (χ0v) is 22.5. The Morgan fingerprint density at radius 3 is 2.46 bits per heavy atom. The summed E-state index contributed by atoms with van der Waals surface area (Å²) < 4.78 is 32.4. The second-order valence-corrected chi connectivity index (χ2v) is 13.7. The van der Waals surface area contributed by atoms with Crippen molar-refractivity contribution in [2.45, 2.75) is 78.1 Å². The molecule has 0 aliphatic heterocycles. The van der Waals surface area contributed by atoms with Crippen LogP contribution >= 0.6 is 0 Å². The van der Waals surface area contributed by atoms with Crippen LogP contribution in [0, 0.1) is 10.8 Å². The van der Waals surface area contributed by atoms with Crippen molar-refractivity contribution in [1.82, 2.24) is 18.8 Å². The maximum absolute atomic E-state index is 13.0. The van der Waals surface area contributed by atoms with Gasteiger partial charge in [-0.3, -0.25) is 9.13 Å². The Morgan fingerprint density at radius 2 is 1.80 bits per heavy atom. The molecule has 1 saturated carbocycles. The number of pyridine rings is 1. The maximum Gasteiger partial charge on any atom is 0.330 e. The summed E-state index contributed by atoms with van der Waals surface area (Å²) in [5, 5.41) is 0. The Kier molecular flexibility index (Phi) is 6.74. The predicted molar refractivity (Wildman–Crippen MR) is 141 cm³/mol. The van der Waals surface area contributed by atoms with E-state index in [4.69, 9.17) is 4.98 Å². The van der Waals surface area contributed by atoms with Crippen LogP contribution in [0.4, 0.5) is 0 Å². The van der Waals surface area contributed by atoms with Crippen molar-refractivity contribution in [3.8, 4) is 0 Å². The molecule has 0 spiro atoms. The first-order valence-electron chi connectivity index (χ1n) is 12.4. The lowest BCUT2D eigenvalue weighted by atomic mass is 9.69. The molecule has 190 valence electrons. The Morgan fingerprint density at radius 1 is 1.11 bits per heavy atom. The van der Waals surface area contributed by atoms with Crippen LogP contribution in [0.25, 0.3) is 11.2 Å². The standard InChI is InChI=1S/C27H38N4O3S/c1-26(2,3)18-31-22-13-12-21(28-24(22)30(6)25(31)32)20-14-15-27(4,5)23(16-20)29-35(33,34)17-19-10-8-7-9-11-19/h7-13,20,23,29H,14-18H2,1-6H3.